The molecule has 3 aromatic rings. The Balaban J connectivity index is 1.71. The van der Waals surface area contributed by atoms with Gasteiger partial charge in [-0.2, -0.15) is 0 Å². The Labute approximate surface area is 193 Å². The molecule has 0 atom stereocenters. The van der Waals surface area contributed by atoms with Crippen molar-refractivity contribution in [2.75, 3.05) is 19.0 Å². The van der Waals surface area contributed by atoms with Crippen molar-refractivity contribution in [3.63, 3.8) is 0 Å². The topological polar surface area (TPSA) is 60.9 Å². The van der Waals surface area contributed by atoms with Gasteiger partial charge < -0.3 is 4.90 Å². The van der Waals surface area contributed by atoms with Crippen molar-refractivity contribution < 1.29 is 14.4 Å². The Hall–Kier alpha value is -4.19. The molecule has 0 saturated carbocycles. The van der Waals surface area contributed by atoms with E-state index in [-0.39, 0.29) is 18.7 Å². The number of imide groups is 2. The number of carbonyl (C=O) groups excluding carboxylic acids is 3. The Kier molecular flexibility index (Phi) is 6.36. The lowest BCUT2D eigenvalue weighted by Crippen LogP contribution is -2.55. The second-order valence-corrected chi connectivity index (χ2v) is 8.08. The monoisotopic (exact) mass is 439 g/mol. The first-order valence-electron chi connectivity index (χ1n) is 10.7. The molecule has 6 heteroatoms. The average molecular weight is 440 g/mol. The third-order valence-electron chi connectivity index (χ3n) is 5.50. The van der Waals surface area contributed by atoms with Crippen molar-refractivity contribution in [1.82, 2.24) is 9.80 Å². The van der Waals surface area contributed by atoms with Gasteiger partial charge in [-0.05, 0) is 34.9 Å². The van der Waals surface area contributed by atoms with Crippen LogP contribution < -0.4 is 4.90 Å². The van der Waals surface area contributed by atoms with Gasteiger partial charge in [0.2, 0.25) is 0 Å². The molecule has 0 N–H and O–H groups in total. The number of rotatable bonds is 6. The van der Waals surface area contributed by atoms with Crippen LogP contribution in [0.5, 0.6) is 0 Å². The summed E-state index contributed by atoms with van der Waals surface area (Å²) in [4.78, 5) is 44.1. The fraction of sp³-hybridized carbons (Fsp3) is 0.148. The molecule has 0 aromatic heterocycles. The third kappa shape index (κ3) is 4.85. The Bertz CT molecular complexity index is 1120. The lowest BCUT2D eigenvalue weighted by atomic mass is 10.0. The standard InChI is InChI=1S/C27H25N3O3/c1-28(2)23-15-13-20(14-16-23)17-24-25(31)29(18-21-9-5-3-6-10-21)27(33)30(26(24)32)19-22-11-7-4-8-12-22/h3-17H,18-19H2,1-2H3. The lowest BCUT2D eigenvalue weighted by molar-refractivity contribution is -0.136. The van der Waals surface area contributed by atoms with Crippen LogP contribution in [0.15, 0.2) is 90.5 Å². The molecule has 4 rings (SSSR count). The summed E-state index contributed by atoms with van der Waals surface area (Å²) in [6.45, 7) is 0.183. The van der Waals surface area contributed by atoms with E-state index in [0.717, 1.165) is 26.6 Å². The maximum atomic E-state index is 13.3. The SMILES string of the molecule is CN(C)c1ccc(C=C2C(=O)N(Cc3ccccc3)C(=O)N(Cc3ccccc3)C2=O)cc1. The van der Waals surface area contributed by atoms with Crippen molar-refractivity contribution >= 4 is 29.6 Å². The molecule has 1 aliphatic rings. The zero-order valence-electron chi connectivity index (χ0n) is 18.6. The van der Waals surface area contributed by atoms with Crippen LogP contribution in [0, 0.1) is 0 Å². The quantitative estimate of drug-likeness (QED) is 0.424. The van der Waals surface area contributed by atoms with E-state index in [1.807, 2.05) is 104 Å². The van der Waals surface area contributed by atoms with Gasteiger partial charge in [0.15, 0.2) is 0 Å². The molecule has 1 aliphatic heterocycles. The number of amides is 4. The number of anilines is 1. The van der Waals surface area contributed by atoms with Crippen molar-refractivity contribution in [2.24, 2.45) is 0 Å². The number of benzene rings is 3. The molecular weight excluding hydrogens is 414 g/mol. The second kappa shape index (κ2) is 9.53. The molecule has 0 spiro atoms. The first-order chi connectivity index (χ1) is 15.9. The van der Waals surface area contributed by atoms with Gasteiger partial charge in [-0.1, -0.05) is 72.8 Å². The highest BCUT2D eigenvalue weighted by Gasteiger charge is 2.41. The molecule has 0 unspecified atom stereocenters. The van der Waals surface area contributed by atoms with E-state index in [1.165, 1.54) is 0 Å². The number of urea groups is 1. The molecular formula is C27H25N3O3. The van der Waals surface area contributed by atoms with Gasteiger partial charge in [0, 0.05) is 19.8 Å². The number of carbonyl (C=O) groups is 3. The summed E-state index contributed by atoms with van der Waals surface area (Å²) in [6, 6.07) is 25.5. The van der Waals surface area contributed by atoms with E-state index in [0.29, 0.717) is 5.56 Å². The van der Waals surface area contributed by atoms with Gasteiger partial charge in [-0.15, -0.1) is 0 Å². The Morgan fingerprint density at radius 1 is 0.667 bits per heavy atom. The van der Waals surface area contributed by atoms with Crippen LogP contribution in [-0.4, -0.2) is 41.7 Å². The van der Waals surface area contributed by atoms with Crippen LogP contribution in [0.25, 0.3) is 6.08 Å². The zero-order chi connectivity index (χ0) is 23.4. The van der Waals surface area contributed by atoms with Crippen LogP contribution in [0.1, 0.15) is 16.7 Å². The van der Waals surface area contributed by atoms with Crippen LogP contribution in [-0.2, 0) is 22.7 Å². The summed E-state index contributed by atoms with van der Waals surface area (Å²) in [6.07, 6.45) is 1.56. The van der Waals surface area contributed by atoms with Crippen molar-refractivity contribution in [3.8, 4) is 0 Å². The van der Waals surface area contributed by atoms with Crippen LogP contribution in [0.2, 0.25) is 0 Å². The van der Waals surface area contributed by atoms with Gasteiger partial charge in [-0.25, -0.2) is 4.79 Å². The maximum Gasteiger partial charge on any atom is 0.334 e. The first-order valence-corrected chi connectivity index (χ1v) is 10.7. The first kappa shape index (κ1) is 22.0. The average Bonchev–Trinajstić information content (AvgIpc) is 2.84. The van der Waals surface area contributed by atoms with Gasteiger partial charge in [-0.3, -0.25) is 19.4 Å². The lowest BCUT2D eigenvalue weighted by Gasteiger charge is -2.34. The summed E-state index contributed by atoms with van der Waals surface area (Å²) >= 11 is 0. The molecule has 0 radical (unpaired) electrons. The summed E-state index contributed by atoms with van der Waals surface area (Å²) < 4.78 is 0. The fourth-order valence-electron chi connectivity index (χ4n) is 3.67. The number of barbiturate groups is 1. The number of hydrogen-bond donors (Lipinski definition) is 0. The van der Waals surface area contributed by atoms with Gasteiger partial charge in [0.05, 0.1) is 13.1 Å². The minimum Gasteiger partial charge on any atom is -0.378 e. The van der Waals surface area contributed by atoms with E-state index in [9.17, 15) is 14.4 Å². The fourth-order valence-corrected chi connectivity index (χ4v) is 3.67. The minimum atomic E-state index is -0.613. The maximum absolute atomic E-state index is 13.3. The molecule has 1 heterocycles. The zero-order valence-corrected chi connectivity index (χ0v) is 18.6. The molecule has 0 bridgehead atoms. The van der Waals surface area contributed by atoms with E-state index < -0.39 is 17.8 Å². The second-order valence-electron chi connectivity index (χ2n) is 8.08. The summed E-state index contributed by atoms with van der Waals surface area (Å²) in [7, 11) is 3.88. The van der Waals surface area contributed by atoms with Crippen LogP contribution in [0.3, 0.4) is 0 Å². The molecule has 33 heavy (non-hydrogen) atoms. The molecule has 3 aromatic carbocycles. The highest BCUT2D eigenvalue weighted by Crippen LogP contribution is 2.24. The predicted octanol–water partition coefficient (Wildman–Crippen LogP) is 4.33. The molecule has 1 fully saturated rings. The smallest absolute Gasteiger partial charge is 0.334 e. The van der Waals surface area contributed by atoms with E-state index in [1.54, 1.807) is 6.08 Å². The molecule has 1 saturated heterocycles. The highest BCUT2D eigenvalue weighted by molar-refractivity contribution is 6.30. The van der Waals surface area contributed by atoms with Gasteiger partial charge in [0.25, 0.3) is 11.8 Å². The minimum absolute atomic E-state index is 0.0286. The molecule has 166 valence electrons. The Morgan fingerprint density at radius 2 is 1.12 bits per heavy atom. The third-order valence-corrected chi connectivity index (χ3v) is 5.50. The molecule has 6 nitrogen and oxygen atoms in total. The molecule has 0 aliphatic carbocycles. The van der Waals surface area contributed by atoms with Crippen LogP contribution in [0.4, 0.5) is 10.5 Å². The highest BCUT2D eigenvalue weighted by atomic mass is 16.2. The summed E-state index contributed by atoms with van der Waals surface area (Å²) in [5.74, 6) is -1.18. The van der Waals surface area contributed by atoms with Crippen molar-refractivity contribution in [3.05, 3.63) is 107 Å². The normalized spacial score (nSPS) is 14.0. The van der Waals surface area contributed by atoms with Crippen LogP contribution >= 0.6 is 0 Å². The van der Waals surface area contributed by atoms with Gasteiger partial charge >= 0.3 is 6.03 Å². The van der Waals surface area contributed by atoms with Crippen molar-refractivity contribution in [1.29, 1.82) is 0 Å². The molecule has 4 amide bonds. The predicted molar refractivity (Wildman–Crippen MR) is 128 cm³/mol. The summed E-state index contributed by atoms with van der Waals surface area (Å²) in [5, 5.41) is 0. The Morgan fingerprint density at radius 3 is 1.55 bits per heavy atom. The largest absolute Gasteiger partial charge is 0.378 e. The van der Waals surface area contributed by atoms with E-state index >= 15 is 0 Å². The summed E-state index contributed by atoms with van der Waals surface area (Å²) in [5.41, 5.74) is 3.31. The number of hydrogen-bond acceptors (Lipinski definition) is 4. The van der Waals surface area contributed by atoms with Gasteiger partial charge in [0.1, 0.15) is 5.57 Å². The van der Waals surface area contributed by atoms with E-state index in [2.05, 4.69) is 0 Å². The number of nitrogens with zero attached hydrogens (tertiary/aromatic N) is 3. The van der Waals surface area contributed by atoms with Crippen molar-refractivity contribution in [2.45, 2.75) is 13.1 Å². The van der Waals surface area contributed by atoms with E-state index in [4.69, 9.17) is 0 Å².